The summed E-state index contributed by atoms with van der Waals surface area (Å²) in [7, 11) is 2.17. The average Bonchev–Trinajstić information content (AvgIpc) is 3.12. The van der Waals surface area contributed by atoms with Gasteiger partial charge in [0.25, 0.3) is 0 Å². The fraction of sp³-hybridized carbons (Fsp3) is 0.250. The molecule has 0 spiro atoms. The first-order valence-electron chi connectivity index (χ1n) is 12.4. The quantitative estimate of drug-likeness (QED) is 0.261. The second kappa shape index (κ2) is 7.64. The van der Waals surface area contributed by atoms with Crippen molar-refractivity contribution in [2.45, 2.75) is 46.0 Å². The van der Waals surface area contributed by atoms with Crippen LogP contribution in [0.25, 0.3) is 54.7 Å². The predicted octanol–water partition coefficient (Wildman–Crippen LogP) is 8.52. The summed E-state index contributed by atoms with van der Waals surface area (Å²) < 4.78 is 2.32. The van der Waals surface area contributed by atoms with Crippen LogP contribution >= 0.6 is 0 Å². The number of nitrogens with zero attached hydrogens (tertiary/aromatic N) is 3. The third kappa shape index (κ3) is 3.25. The summed E-state index contributed by atoms with van der Waals surface area (Å²) in [6.07, 6.45) is 1.73. The summed E-state index contributed by atoms with van der Waals surface area (Å²) in [5.74, 6) is 0.386. The first-order valence-corrected chi connectivity index (χ1v) is 12.4. The maximum absolute atomic E-state index is 4.87. The molecular formula is C32H31N3. The number of aryl methyl sites for hydroxylation is 1. The van der Waals surface area contributed by atoms with Gasteiger partial charge >= 0.3 is 0 Å². The maximum Gasteiger partial charge on any atom is 0.116 e. The zero-order valence-electron chi connectivity index (χ0n) is 21.3. The average molecular weight is 458 g/mol. The van der Waals surface area contributed by atoms with Gasteiger partial charge in [-0.2, -0.15) is 0 Å². The molecule has 6 rings (SSSR count). The monoisotopic (exact) mass is 457 g/mol. The standard InChI is InChI=1S/C32H31N3/c1-19(2)27-24-12-8-7-10-21(24)17-26-29-31(35(6)30(26)27)28(33-18-34-29)25-13-9-11-20-16-22(32(3,4)5)14-15-23(20)25/h7-19H,1-6H3. The van der Waals surface area contributed by atoms with Crippen LogP contribution in [0, 0.1) is 0 Å². The van der Waals surface area contributed by atoms with Gasteiger partial charge in [-0.15, -0.1) is 0 Å². The molecule has 0 aliphatic heterocycles. The Bertz CT molecular complexity index is 1760. The van der Waals surface area contributed by atoms with Gasteiger partial charge < -0.3 is 4.57 Å². The van der Waals surface area contributed by atoms with Crippen molar-refractivity contribution < 1.29 is 0 Å². The smallest absolute Gasteiger partial charge is 0.116 e. The molecule has 3 heteroatoms. The summed E-state index contributed by atoms with van der Waals surface area (Å²) >= 11 is 0. The Morgan fingerprint density at radius 3 is 2.26 bits per heavy atom. The Morgan fingerprint density at radius 1 is 0.743 bits per heavy atom. The number of aromatic nitrogens is 3. The second-order valence-electron chi connectivity index (χ2n) is 11.0. The van der Waals surface area contributed by atoms with E-state index >= 15 is 0 Å². The van der Waals surface area contributed by atoms with Gasteiger partial charge in [-0.25, -0.2) is 9.97 Å². The van der Waals surface area contributed by atoms with Gasteiger partial charge in [0.1, 0.15) is 11.8 Å². The lowest BCUT2D eigenvalue weighted by molar-refractivity contribution is 0.591. The maximum atomic E-state index is 4.87. The summed E-state index contributed by atoms with van der Waals surface area (Å²) in [5, 5.41) is 6.24. The van der Waals surface area contributed by atoms with Crippen LogP contribution in [0.5, 0.6) is 0 Å². The molecule has 35 heavy (non-hydrogen) atoms. The Balaban J connectivity index is 1.72. The molecule has 174 valence electrons. The van der Waals surface area contributed by atoms with Crippen LogP contribution in [0.2, 0.25) is 0 Å². The predicted molar refractivity (Wildman–Crippen MR) is 149 cm³/mol. The number of hydrogen-bond donors (Lipinski definition) is 0. The molecule has 0 radical (unpaired) electrons. The lowest BCUT2D eigenvalue weighted by Crippen LogP contribution is -2.10. The molecule has 0 saturated heterocycles. The van der Waals surface area contributed by atoms with Crippen molar-refractivity contribution in [3.05, 3.63) is 84.2 Å². The van der Waals surface area contributed by atoms with Crippen molar-refractivity contribution in [1.82, 2.24) is 14.5 Å². The molecule has 0 unspecified atom stereocenters. The van der Waals surface area contributed by atoms with Gasteiger partial charge in [-0.1, -0.05) is 95.3 Å². The molecule has 2 aromatic heterocycles. The summed E-state index contributed by atoms with van der Waals surface area (Å²) in [4.78, 5) is 9.68. The van der Waals surface area contributed by atoms with E-state index in [1.807, 2.05) is 0 Å². The molecule has 0 fully saturated rings. The minimum Gasteiger partial charge on any atom is -0.340 e. The summed E-state index contributed by atoms with van der Waals surface area (Å²) in [6, 6.07) is 24.4. The van der Waals surface area contributed by atoms with Gasteiger partial charge in [0, 0.05) is 18.0 Å². The summed E-state index contributed by atoms with van der Waals surface area (Å²) in [6.45, 7) is 11.3. The van der Waals surface area contributed by atoms with E-state index in [1.165, 1.54) is 43.6 Å². The lowest BCUT2D eigenvalue weighted by atomic mass is 9.85. The third-order valence-electron chi connectivity index (χ3n) is 7.39. The van der Waals surface area contributed by atoms with Gasteiger partial charge in [0.05, 0.1) is 16.7 Å². The molecular weight excluding hydrogens is 426 g/mol. The largest absolute Gasteiger partial charge is 0.340 e. The molecule has 0 bridgehead atoms. The molecule has 3 nitrogen and oxygen atoms in total. The Kier molecular flexibility index (Phi) is 4.76. The first kappa shape index (κ1) is 21.8. The lowest BCUT2D eigenvalue weighted by Gasteiger charge is -2.20. The number of rotatable bonds is 2. The van der Waals surface area contributed by atoms with Gasteiger partial charge in [-0.3, -0.25) is 0 Å². The van der Waals surface area contributed by atoms with E-state index in [4.69, 9.17) is 9.97 Å². The highest BCUT2D eigenvalue weighted by atomic mass is 15.0. The molecule has 0 atom stereocenters. The minimum atomic E-state index is 0.109. The van der Waals surface area contributed by atoms with E-state index in [-0.39, 0.29) is 5.41 Å². The van der Waals surface area contributed by atoms with Crippen LogP contribution in [0.1, 0.15) is 51.7 Å². The van der Waals surface area contributed by atoms with E-state index in [2.05, 4.69) is 113 Å². The van der Waals surface area contributed by atoms with Crippen LogP contribution in [0.4, 0.5) is 0 Å². The molecule has 2 heterocycles. The van der Waals surface area contributed by atoms with E-state index < -0.39 is 0 Å². The van der Waals surface area contributed by atoms with Crippen LogP contribution in [0.3, 0.4) is 0 Å². The zero-order valence-corrected chi connectivity index (χ0v) is 21.3. The molecule has 0 saturated carbocycles. The van der Waals surface area contributed by atoms with E-state index in [9.17, 15) is 0 Å². The SMILES string of the molecule is CC(C)c1c2ccccc2cc2c3ncnc(-c4cccc5cc(C(C)(C)C)ccc45)c3n(C)c12. The molecule has 0 N–H and O–H groups in total. The fourth-order valence-electron chi connectivity index (χ4n) is 5.65. The molecule has 0 amide bonds. The second-order valence-corrected chi connectivity index (χ2v) is 11.0. The topological polar surface area (TPSA) is 30.7 Å². The number of benzene rings is 4. The Morgan fingerprint density at radius 2 is 1.49 bits per heavy atom. The molecule has 4 aromatic carbocycles. The van der Waals surface area contributed by atoms with Crippen LogP contribution in [0.15, 0.2) is 73.1 Å². The number of hydrogen-bond acceptors (Lipinski definition) is 2. The van der Waals surface area contributed by atoms with E-state index in [1.54, 1.807) is 6.33 Å². The van der Waals surface area contributed by atoms with E-state index in [0.29, 0.717) is 5.92 Å². The van der Waals surface area contributed by atoms with Crippen LogP contribution in [-0.2, 0) is 12.5 Å². The molecule has 0 aliphatic rings. The Hall–Kier alpha value is -3.72. The normalized spacial score (nSPS) is 12.5. The molecule has 6 aromatic rings. The molecule has 0 aliphatic carbocycles. The van der Waals surface area contributed by atoms with Crippen LogP contribution < -0.4 is 0 Å². The van der Waals surface area contributed by atoms with Gasteiger partial charge in [0.2, 0.25) is 0 Å². The zero-order chi connectivity index (χ0) is 24.5. The highest BCUT2D eigenvalue weighted by molar-refractivity contribution is 6.16. The van der Waals surface area contributed by atoms with Crippen molar-refractivity contribution in [3.8, 4) is 11.3 Å². The fourth-order valence-corrected chi connectivity index (χ4v) is 5.65. The minimum absolute atomic E-state index is 0.109. The van der Waals surface area contributed by atoms with Gasteiger partial charge in [0.15, 0.2) is 0 Å². The highest BCUT2D eigenvalue weighted by Crippen LogP contribution is 2.41. The van der Waals surface area contributed by atoms with E-state index in [0.717, 1.165) is 22.3 Å². The first-order chi connectivity index (χ1) is 16.8. The Labute approximate surface area is 206 Å². The number of fused-ring (bicyclic) bond motifs is 5. The van der Waals surface area contributed by atoms with Crippen LogP contribution in [-0.4, -0.2) is 14.5 Å². The highest BCUT2D eigenvalue weighted by Gasteiger charge is 2.22. The summed E-state index contributed by atoms with van der Waals surface area (Å²) in [5.41, 5.74) is 8.32. The van der Waals surface area contributed by atoms with Crippen molar-refractivity contribution in [2.75, 3.05) is 0 Å². The third-order valence-corrected chi connectivity index (χ3v) is 7.39. The van der Waals surface area contributed by atoms with Crippen molar-refractivity contribution in [3.63, 3.8) is 0 Å². The van der Waals surface area contributed by atoms with Crippen molar-refractivity contribution >= 4 is 43.5 Å². The van der Waals surface area contributed by atoms with Crippen molar-refractivity contribution in [1.29, 1.82) is 0 Å². The van der Waals surface area contributed by atoms with Gasteiger partial charge in [-0.05, 0) is 50.1 Å². The van der Waals surface area contributed by atoms with Crippen molar-refractivity contribution in [2.24, 2.45) is 7.05 Å².